The molecule has 0 fully saturated rings. The molecule has 0 unspecified atom stereocenters. The first-order valence-corrected chi connectivity index (χ1v) is 6.00. The van der Waals surface area contributed by atoms with Gasteiger partial charge < -0.3 is 4.74 Å². The Morgan fingerprint density at radius 2 is 1.53 bits per heavy atom. The number of carbonyl (C=O) groups excluding carboxylic acids is 1. The zero-order chi connectivity index (χ0) is 13.5. The van der Waals surface area contributed by atoms with Gasteiger partial charge in [0.2, 0.25) is 0 Å². The molecule has 0 spiro atoms. The van der Waals surface area contributed by atoms with E-state index in [9.17, 15) is 4.79 Å². The van der Waals surface area contributed by atoms with Crippen LogP contribution in [0.25, 0.3) is 0 Å². The molecule has 4 nitrogen and oxygen atoms in total. The Kier molecular flexibility index (Phi) is 4.64. The second kappa shape index (κ2) is 6.66. The summed E-state index contributed by atoms with van der Waals surface area (Å²) in [6.45, 7) is -0.146. The van der Waals surface area contributed by atoms with E-state index in [0.29, 0.717) is 11.4 Å². The van der Waals surface area contributed by atoms with Crippen molar-refractivity contribution in [3.8, 4) is 5.75 Å². The van der Waals surface area contributed by atoms with Gasteiger partial charge in [-0.05, 0) is 48.0 Å². The van der Waals surface area contributed by atoms with Crippen LogP contribution in [0.4, 0.5) is 11.4 Å². The van der Waals surface area contributed by atoms with Gasteiger partial charge in [-0.25, -0.2) is 0 Å². The number of azo groups is 1. The summed E-state index contributed by atoms with van der Waals surface area (Å²) >= 11 is 5.18. The fourth-order valence-electron chi connectivity index (χ4n) is 1.36. The third-order valence-electron chi connectivity index (χ3n) is 2.23. The van der Waals surface area contributed by atoms with Gasteiger partial charge in [-0.15, -0.1) is 0 Å². The molecule has 0 aliphatic carbocycles. The summed E-state index contributed by atoms with van der Waals surface area (Å²) in [5.41, 5.74) is 1.49. The Balaban J connectivity index is 1.99. The van der Waals surface area contributed by atoms with Crippen LogP contribution in [0.1, 0.15) is 0 Å². The molecule has 0 saturated carbocycles. The van der Waals surface area contributed by atoms with Gasteiger partial charge in [0.1, 0.15) is 5.75 Å². The van der Waals surface area contributed by atoms with E-state index < -0.39 is 5.24 Å². The Morgan fingerprint density at radius 1 is 0.947 bits per heavy atom. The van der Waals surface area contributed by atoms with Gasteiger partial charge in [-0.2, -0.15) is 10.2 Å². The van der Waals surface area contributed by atoms with Crippen molar-refractivity contribution >= 4 is 28.2 Å². The molecule has 0 N–H and O–H groups in total. The van der Waals surface area contributed by atoms with Gasteiger partial charge in [0, 0.05) is 0 Å². The van der Waals surface area contributed by atoms with Crippen LogP contribution in [0.3, 0.4) is 0 Å². The number of carbonyl (C=O) groups is 1. The maximum Gasteiger partial charge on any atom is 0.259 e. The van der Waals surface area contributed by atoms with Gasteiger partial charge in [0.15, 0.2) is 6.61 Å². The minimum Gasteiger partial charge on any atom is -0.484 e. The molecular formula is C14H11ClN2O2. The van der Waals surface area contributed by atoms with Crippen molar-refractivity contribution in [1.29, 1.82) is 0 Å². The first kappa shape index (κ1) is 13.2. The molecule has 0 aliphatic heterocycles. The Bertz CT molecular complexity index is 568. The minimum atomic E-state index is -0.534. The number of nitrogens with zero attached hydrogens (tertiary/aromatic N) is 2. The van der Waals surface area contributed by atoms with Gasteiger partial charge in [-0.1, -0.05) is 18.2 Å². The summed E-state index contributed by atoms with van der Waals surface area (Å²) in [4.78, 5) is 10.6. The monoisotopic (exact) mass is 274 g/mol. The van der Waals surface area contributed by atoms with E-state index in [4.69, 9.17) is 16.3 Å². The summed E-state index contributed by atoms with van der Waals surface area (Å²) in [6, 6.07) is 16.4. The topological polar surface area (TPSA) is 51.0 Å². The lowest BCUT2D eigenvalue weighted by atomic mass is 10.3. The largest absolute Gasteiger partial charge is 0.484 e. The molecule has 0 aliphatic rings. The average molecular weight is 275 g/mol. The predicted octanol–water partition coefficient (Wildman–Crippen LogP) is 4.25. The Hall–Kier alpha value is -2.20. The summed E-state index contributed by atoms with van der Waals surface area (Å²) in [7, 11) is 0. The van der Waals surface area contributed by atoms with Crippen molar-refractivity contribution in [3.63, 3.8) is 0 Å². The lowest BCUT2D eigenvalue weighted by Crippen LogP contribution is -2.03. The summed E-state index contributed by atoms with van der Waals surface area (Å²) < 4.78 is 5.13. The molecular weight excluding hydrogens is 264 g/mol. The molecule has 2 rings (SSSR count). The normalized spacial score (nSPS) is 10.6. The highest BCUT2D eigenvalue weighted by molar-refractivity contribution is 6.63. The Morgan fingerprint density at radius 3 is 2.11 bits per heavy atom. The zero-order valence-electron chi connectivity index (χ0n) is 9.99. The summed E-state index contributed by atoms with van der Waals surface area (Å²) in [5.74, 6) is 0.563. The van der Waals surface area contributed by atoms with E-state index in [0.717, 1.165) is 5.69 Å². The fourth-order valence-corrected chi connectivity index (χ4v) is 1.41. The van der Waals surface area contributed by atoms with Crippen molar-refractivity contribution in [2.24, 2.45) is 10.2 Å². The van der Waals surface area contributed by atoms with Crippen LogP contribution in [-0.4, -0.2) is 11.8 Å². The summed E-state index contributed by atoms with van der Waals surface area (Å²) in [6.07, 6.45) is 0. The predicted molar refractivity (Wildman–Crippen MR) is 73.4 cm³/mol. The van der Waals surface area contributed by atoms with Gasteiger partial charge in [0.05, 0.1) is 11.4 Å². The number of hydrogen-bond donors (Lipinski definition) is 0. The maximum absolute atomic E-state index is 10.6. The highest BCUT2D eigenvalue weighted by atomic mass is 35.5. The van der Waals surface area contributed by atoms with E-state index >= 15 is 0 Å². The number of rotatable bonds is 5. The van der Waals surface area contributed by atoms with Crippen LogP contribution in [0.2, 0.25) is 0 Å². The van der Waals surface area contributed by atoms with E-state index in [1.807, 2.05) is 30.3 Å². The molecule has 5 heteroatoms. The highest BCUT2D eigenvalue weighted by Crippen LogP contribution is 2.21. The van der Waals surface area contributed by atoms with Crippen molar-refractivity contribution in [1.82, 2.24) is 0 Å². The third-order valence-corrected chi connectivity index (χ3v) is 2.34. The molecule has 0 saturated heterocycles. The standard InChI is InChI=1S/C14H11ClN2O2/c15-14(18)10-19-13-8-6-12(7-9-13)17-16-11-4-2-1-3-5-11/h1-9H,10H2. The van der Waals surface area contributed by atoms with Crippen LogP contribution < -0.4 is 4.74 Å². The molecule has 0 atom stereocenters. The summed E-state index contributed by atoms with van der Waals surface area (Å²) in [5, 5.41) is 7.64. The molecule has 0 heterocycles. The van der Waals surface area contributed by atoms with E-state index in [1.54, 1.807) is 24.3 Å². The zero-order valence-corrected chi connectivity index (χ0v) is 10.7. The van der Waals surface area contributed by atoms with Crippen molar-refractivity contribution in [3.05, 3.63) is 54.6 Å². The fraction of sp³-hybridized carbons (Fsp3) is 0.0714. The molecule has 0 radical (unpaired) electrons. The lowest BCUT2D eigenvalue weighted by Gasteiger charge is -2.02. The van der Waals surface area contributed by atoms with Gasteiger partial charge in [-0.3, -0.25) is 4.79 Å². The molecule has 96 valence electrons. The maximum atomic E-state index is 10.6. The van der Waals surface area contributed by atoms with Crippen LogP contribution in [0.5, 0.6) is 5.75 Å². The number of halogens is 1. The van der Waals surface area contributed by atoms with Crippen LogP contribution in [0.15, 0.2) is 64.8 Å². The molecule has 2 aromatic carbocycles. The second-order valence-electron chi connectivity index (χ2n) is 3.67. The van der Waals surface area contributed by atoms with Crippen molar-refractivity contribution in [2.75, 3.05) is 6.61 Å². The molecule has 0 amide bonds. The smallest absolute Gasteiger partial charge is 0.259 e. The minimum absolute atomic E-state index is 0.146. The van der Waals surface area contributed by atoms with E-state index in [2.05, 4.69) is 10.2 Å². The van der Waals surface area contributed by atoms with Crippen molar-refractivity contribution in [2.45, 2.75) is 0 Å². The van der Waals surface area contributed by atoms with E-state index in [-0.39, 0.29) is 6.61 Å². The van der Waals surface area contributed by atoms with Gasteiger partial charge >= 0.3 is 0 Å². The first-order chi connectivity index (χ1) is 9.24. The Labute approximate surface area is 115 Å². The molecule has 19 heavy (non-hydrogen) atoms. The first-order valence-electron chi connectivity index (χ1n) is 5.62. The van der Waals surface area contributed by atoms with Crippen molar-refractivity contribution < 1.29 is 9.53 Å². The average Bonchev–Trinajstić information content (AvgIpc) is 2.45. The quantitative estimate of drug-likeness (QED) is 0.605. The lowest BCUT2D eigenvalue weighted by molar-refractivity contribution is -0.113. The van der Waals surface area contributed by atoms with Crippen LogP contribution >= 0.6 is 11.6 Å². The molecule has 0 aromatic heterocycles. The van der Waals surface area contributed by atoms with Crippen LogP contribution in [0, 0.1) is 0 Å². The number of hydrogen-bond acceptors (Lipinski definition) is 4. The van der Waals surface area contributed by atoms with Gasteiger partial charge in [0.25, 0.3) is 5.24 Å². The number of benzene rings is 2. The second-order valence-corrected chi connectivity index (χ2v) is 4.09. The molecule has 0 bridgehead atoms. The van der Waals surface area contributed by atoms with Crippen LogP contribution in [-0.2, 0) is 4.79 Å². The molecule has 2 aromatic rings. The number of ether oxygens (including phenoxy) is 1. The highest BCUT2D eigenvalue weighted by Gasteiger charge is 1.98. The third kappa shape index (κ3) is 4.52. The SMILES string of the molecule is O=C(Cl)COc1ccc(N=Nc2ccccc2)cc1. The van der Waals surface area contributed by atoms with E-state index in [1.165, 1.54) is 0 Å².